The van der Waals surface area contributed by atoms with Crippen LogP contribution in [0.15, 0.2) is 66.9 Å². The van der Waals surface area contributed by atoms with Gasteiger partial charge in [-0.05, 0) is 29.6 Å². The number of benzene rings is 2. The van der Waals surface area contributed by atoms with Crippen molar-refractivity contribution < 1.29 is 5.11 Å². The molecule has 0 aliphatic rings. The van der Waals surface area contributed by atoms with E-state index in [9.17, 15) is 5.11 Å². The van der Waals surface area contributed by atoms with E-state index in [1.807, 2.05) is 30.3 Å². The van der Waals surface area contributed by atoms with Crippen LogP contribution >= 0.6 is 12.4 Å². The van der Waals surface area contributed by atoms with Gasteiger partial charge < -0.3 is 15.0 Å². The summed E-state index contributed by atoms with van der Waals surface area (Å²) in [6, 6.07) is 20.5. The minimum atomic E-state index is -0.488. The average molecular weight is 331 g/mol. The monoisotopic (exact) mass is 330 g/mol. The molecule has 0 fully saturated rings. The molecule has 0 saturated heterocycles. The molecule has 0 spiro atoms. The lowest BCUT2D eigenvalue weighted by molar-refractivity contribution is 0.130. The summed E-state index contributed by atoms with van der Waals surface area (Å²) in [5, 5.41) is 15.2. The van der Waals surface area contributed by atoms with Crippen LogP contribution in [0, 0.1) is 0 Å². The second kappa shape index (κ2) is 8.16. The van der Waals surface area contributed by atoms with E-state index >= 15 is 0 Å². The summed E-state index contributed by atoms with van der Waals surface area (Å²) >= 11 is 0. The molecular weight excluding hydrogens is 308 g/mol. The summed E-state index contributed by atoms with van der Waals surface area (Å²) in [6.07, 6.45) is 1.58. The number of rotatable bonds is 6. The molecule has 2 atom stereocenters. The van der Waals surface area contributed by atoms with Crippen molar-refractivity contribution in [3.8, 4) is 0 Å². The van der Waals surface area contributed by atoms with Crippen LogP contribution in [0.1, 0.15) is 18.5 Å². The van der Waals surface area contributed by atoms with Crippen molar-refractivity contribution >= 4 is 23.3 Å². The first kappa shape index (κ1) is 17.5. The molecule has 1 heterocycles. The molecule has 2 N–H and O–H groups in total. The standard InChI is InChI=1S/C19H22N2O.ClH/c1-2-20-14-18(22)19(16-9-4-3-5-10-16)21-13-12-15-8-6-7-11-17(15)21;/h3-13,18-20,22H,2,14H2,1H3;1H. The Kier molecular flexibility index (Phi) is 6.22. The van der Waals surface area contributed by atoms with Gasteiger partial charge in [0.05, 0.1) is 12.1 Å². The zero-order valence-electron chi connectivity index (χ0n) is 13.2. The van der Waals surface area contributed by atoms with E-state index in [1.54, 1.807) is 0 Å². The van der Waals surface area contributed by atoms with E-state index in [0.29, 0.717) is 6.54 Å². The number of nitrogens with zero attached hydrogens (tertiary/aromatic N) is 1. The molecular formula is C19H23ClN2O. The Balaban J connectivity index is 0.00000192. The Labute approximate surface area is 143 Å². The molecule has 3 aromatic rings. The summed E-state index contributed by atoms with van der Waals surface area (Å²) in [6.45, 7) is 3.48. The molecule has 23 heavy (non-hydrogen) atoms. The Morgan fingerprint density at radius 1 is 1.00 bits per heavy atom. The molecule has 3 nitrogen and oxygen atoms in total. The average Bonchev–Trinajstić information content (AvgIpc) is 2.98. The lowest BCUT2D eigenvalue weighted by Crippen LogP contribution is -2.34. The highest BCUT2D eigenvalue weighted by molar-refractivity contribution is 5.85. The summed E-state index contributed by atoms with van der Waals surface area (Å²) in [5.74, 6) is 0. The van der Waals surface area contributed by atoms with Crippen LogP contribution in [0.2, 0.25) is 0 Å². The summed E-state index contributed by atoms with van der Waals surface area (Å²) < 4.78 is 2.17. The van der Waals surface area contributed by atoms with Gasteiger partial charge in [-0.3, -0.25) is 0 Å². The smallest absolute Gasteiger partial charge is 0.0912 e. The fraction of sp³-hybridized carbons (Fsp3) is 0.263. The Hall–Kier alpha value is -1.81. The van der Waals surface area contributed by atoms with E-state index in [2.05, 4.69) is 53.3 Å². The van der Waals surface area contributed by atoms with Gasteiger partial charge in [0.25, 0.3) is 0 Å². The molecule has 2 aromatic carbocycles. The topological polar surface area (TPSA) is 37.2 Å². The Morgan fingerprint density at radius 3 is 2.43 bits per heavy atom. The highest BCUT2D eigenvalue weighted by atomic mass is 35.5. The summed E-state index contributed by atoms with van der Waals surface area (Å²) in [7, 11) is 0. The lowest BCUT2D eigenvalue weighted by Gasteiger charge is -2.26. The lowest BCUT2D eigenvalue weighted by atomic mass is 10.0. The summed E-state index contributed by atoms with van der Waals surface area (Å²) in [5.41, 5.74) is 2.26. The quantitative estimate of drug-likeness (QED) is 0.724. The molecule has 0 aliphatic carbocycles. The van der Waals surface area contributed by atoms with Crippen molar-refractivity contribution in [3.05, 3.63) is 72.4 Å². The van der Waals surface area contributed by atoms with Crippen molar-refractivity contribution in [3.63, 3.8) is 0 Å². The van der Waals surface area contributed by atoms with Gasteiger partial charge in [0.15, 0.2) is 0 Å². The number of hydrogen-bond donors (Lipinski definition) is 2. The van der Waals surface area contributed by atoms with Gasteiger partial charge in [-0.25, -0.2) is 0 Å². The number of likely N-dealkylation sites (N-methyl/N-ethyl adjacent to an activating group) is 1. The molecule has 2 unspecified atom stereocenters. The van der Waals surface area contributed by atoms with Gasteiger partial charge in [0, 0.05) is 18.3 Å². The zero-order chi connectivity index (χ0) is 15.4. The first-order chi connectivity index (χ1) is 10.8. The Morgan fingerprint density at radius 2 is 1.70 bits per heavy atom. The molecule has 0 radical (unpaired) electrons. The molecule has 0 bridgehead atoms. The van der Waals surface area contributed by atoms with Crippen LogP contribution in [0.25, 0.3) is 10.9 Å². The molecule has 0 amide bonds. The van der Waals surface area contributed by atoms with Gasteiger partial charge in [-0.15, -0.1) is 12.4 Å². The third-order valence-corrected chi connectivity index (χ3v) is 4.04. The van der Waals surface area contributed by atoms with Crippen molar-refractivity contribution in [1.29, 1.82) is 0 Å². The van der Waals surface area contributed by atoms with Crippen molar-refractivity contribution in [2.75, 3.05) is 13.1 Å². The van der Waals surface area contributed by atoms with Crippen LogP contribution in [-0.4, -0.2) is 28.9 Å². The third kappa shape index (κ3) is 3.75. The molecule has 3 rings (SSSR count). The van der Waals surface area contributed by atoms with E-state index in [4.69, 9.17) is 0 Å². The van der Waals surface area contributed by atoms with E-state index in [-0.39, 0.29) is 18.4 Å². The van der Waals surface area contributed by atoms with Crippen LogP contribution in [0.4, 0.5) is 0 Å². The highest BCUT2D eigenvalue weighted by Crippen LogP contribution is 2.27. The van der Waals surface area contributed by atoms with E-state index in [1.165, 1.54) is 5.39 Å². The first-order valence-corrected chi connectivity index (χ1v) is 7.80. The minimum absolute atomic E-state index is 0. The van der Waals surface area contributed by atoms with Crippen LogP contribution in [0.5, 0.6) is 0 Å². The number of aromatic nitrogens is 1. The fourth-order valence-corrected chi connectivity index (χ4v) is 2.97. The number of aliphatic hydroxyl groups is 1. The second-order valence-electron chi connectivity index (χ2n) is 5.51. The van der Waals surface area contributed by atoms with Gasteiger partial charge >= 0.3 is 0 Å². The largest absolute Gasteiger partial charge is 0.389 e. The molecule has 0 aliphatic heterocycles. The third-order valence-electron chi connectivity index (χ3n) is 4.04. The molecule has 4 heteroatoms. The second-order valence-corrected chi connectivity index (χ2v) is 5.51. The molecule has 1 aromatic heterocycles. The Bertz CT molecular complexity index is 726. The van der Waals surface area contributed by atoms with Crippen molar-refractivity contribution in [2.45, 2.75) is 19.1 Å². The van der Waals surface area contributed by atoms with Crippen molar-refractivity contribution in [1.82, 2.24) is 9.88 Å². The SMILES string of the molecule is CCNCC(O)C(c1ccccc1)n1ccc2ccccc21.Cl. The molecule has 0 saturated carbocycles. The van der Waals surface area contributed by atoms with Crippen LogP contribution in [-0.2, 0) is 0 Å². The zero-order valence-corrected chi connectivity index (χ0v) is 14.0. The predicted molar refractivity (Wildman–Crippen MR) is 98.3 cm³/mol. The normalized spacial score (nSPS) is 13.5. The van der Waals surface area contributed by atoms with Crippen molar-refractivity contribution in [2.24, 2.45) is 0 Å². The van der Waals surface area contributed by atoms with E-state index in [0.717, 1.165) is 17.6 Å². The maximum atomic E-state index is 10.7. The maximum absolute atomic E-state index is 10.7. The number of nitrogens with one attached hydrogen (secondary N) is 1. The predicted octanol–water partition coefficient (Wildman–Crippen LogP) is 3.62. The van der Waals surface area contributed by atoms with Gasteiger partial charge in [0.1, 0.15) is 0 Å². The van der Waals surface area contributed by atoms with Gasteiger partial charge in [-0.1, -0.05) is 55.5 Å². The van der Waals surface area contributed by atoms with Gasteiger partial charge in [-0.2, -0.15) is 0 Å². The number of halogens is 1. The fourth-order valence-electron chi connectivity index (χ4n) is 2.97. The van der Waals surface area contributed by atoms with Crippen LogP contribution in [0.3, 0.4) is 0 Å². The van der Waals surface area contributed by atoms with Crippen LogP contribution < -0.4 is 5.32 Å². The minimum Gasteiger partial charge on any atom is -0.389 e. The number of fused-ring (bicyclic) bond motifs is 1. The number of hydrogen-bond acceptors (Lipinski definition) is 2. The van der Waals surface area contributed by atoms with Gasteiger partial charge in [0.2, 0.25) is 0 Å². The number of aliphatic hydroxyl groups excluding tert-OH is 1. The summed E-state index contributed by atoms with van der Waals surface area (Å²) in [4.78, 5) is 0. The highest BCUT2D eigenvalue weighted by Gasteiger charge is 2.23. The molecule has 122 valence electrons. The first-order valence-electron chi connectivity index (χ1n) is 7.80. The van der Waals surface area contributed by atoms with E-state index < -0.39 is 6.10 Å². The number of para-hydroxylation sites is 1. The maximum Gasteiger partial charge on any atom is 0.0912 e.